The van der Waals surface area contributed by atoms with Crippen molar-refractivity contribution < 1.29 is 17.9 Å². The summed E-state index contributed by atoms with van der Waals surface area (Å²) in [5.41, 5.74) is 4.91. The second-order valence-electron chi connectivity index (χ2n) is 2.32. The minimum Gasteiger partial charge on any atom is -0.404 e. The molecule has 0 amide bonds. The lowest BCUT2D eigenvalue weighted by molar-refractivity contribution is -0.274. The first-order valence-electron chi connectivity index (χ1n) is 3.30. The summed E-state index contributed by atoms with van der Waals surface area (Å²) in [5.74, 6) is -0.563. The van der Waals surface area contributed by atoms with E-state index in [-0.39, 0.29) is 15.7 Å². The van der Waals surface area contributed by atoms with Crippen molar-refractivity contribution in [1.82, 2.24) is 0 Å². The van der Waals surface area contributed by atoms with Crippen molar-refractivity contribution in [2.75, 3.05) is 5.73 Å². The van der Waals surface area contributed by atoms with Gasteiger partial charge in [-0.25, -0.2) is 0 Å². The van der Waals surface area contributed by atoms with Crippen LogP contribution in [-0.2, 0) is 0 Å². The van der Waals surface area contributed by atoms with E-state index < -0.39 is 12.1 Å². The summed E-state index contributed by atoms with van der Waals surface area (Å²) in [6.45, 7) is 0. The molecule has 0 saturated heterocycles. The Labute approximate surface area is 87.4 Å². The Bertz CT molecular complexity index is 354. The van der Waals surface area contributed by atoms with Gasteiger partial charge in [-0.15, -0.1) is 13.2 Å². The molecule has 0 radical (unpaired) electrons. The number of halogens is 5. The van der Waals surface area contributed by atoms with Gasteiger partial charge < -0.3 is 10.5 Å². The van der Waals surface area contributed by atoms with E-state index in [0.717, 1.165) is 6.07 Å². The van der Waals surface area contributed by atoms with Gasteiger partial charge in [0.1, 0.15) is 0 Å². The largest absolute Gasteiger partial charge is 0.573 e. The van der Waals surface area contributed by atoms with Crippen molar-refractivity contribution in [3.05, 3.63) is 22.2 Å². The van der Waals surface area contributed by atoms with Crippen LogP contribution in [0.5, 0.6) is 5.75 Å². The third-order valence-corrected chi connectivity index (χ3v) is 2.14. The number of hydrogen-bond acceptors (Lipinski definition) is 2. The first-order valence-corrected chi connectivity index (χ1v) is 4.06. The number of alkyl halides is 3. The Hall–Kier alpha value is -0.810. The van der Waals surface area contributed by atoms with Crippen LogP contribution in [0.3, 0.4) is 0 Å². The Balaban J connectivity index is 3.06. The molecule has 0 aliphatic carbocycles. The highest BCUT2D eigenvalue weighted by Crippen LogP contribution is 2.37. The minimum absolute atomic E-state index is 0.0682. The average Bonchev–Trinajstić information content (AvgIpc) is 2.04. The van der Waals surface area contributed by atoms with Crippen LogP contribution < -0.4 is 10.5 Å². The molecule has 1 aromatic carbocycles. The summed E-state index contributed by atoms with van der Waals surface area (Å²) in [6.07, 6.45) is -4.80. The van der Waals surface area contributed by atoms with E-state index >= 15 is 0 Å². The van der Waals surface area contributed by atoms with Crippen molar-refractivity contribution in [2.45, 2.75) is 6.36 Å². The third-order valence-electron chi connectivity index (χ3n) is 1.32. The SMILES string of the molecule is Nc1c(OC(F)(F)F)ccc(Cl)c1Cl. The summed E-state index contributed by atoms with van der Waals surface area (Å²) in [5, 5.41) is -0.0906. The molecule has 2 nitrogen and oxygen atoms in total. The molecule has 7 heteroatoms. The van der Waals surface area contributed by atoms with Gasteiger partial charge in [0.15, 0.2) is 5.75 Å². The van der Waals surface area contributed by atoms with Gasteiger partial charge in [-0.2, -0.15) is 0 Å². The van der Waals surface area contributed by atoms with Crippen LogP contribution in [0.2, 0.25) is 10.0 Å². The van der Waals surface area contributed by atoms with Gasteiger partial charge >= 0.3 is 6.36 Å². The highest BCUT2D eigenvalue weighted by Gasteiger charge is 2.32. The molecule has 0 fully saturated rings. The number of nitrogen functional groups attached to an aromatic ring is 1. The maximum atomic E-state index is 11.8. The first kappa shape index (κ1) is 11.3. The predicted octanol–water partition coefficient (Wildman–Crippen LogP) is 3.47. The molecule has 14 heavy (non-hydrogen) atoms. The molecule has 0 unspecified atom stereocenters. The zero-order chi connectivity index (χ0) is 10.9. The topological polar surface area (TPSA) is 35.2 Å². The highest BCUT2D eigenvalue weighted by atomic mass is 35.5. The van der Waals surface area contributed by atoms with E-state index in [1.54, 1.807) is 0 Å². The van der Waals surface area contributed by atoms with Gasteiger partial charge in [0.2, 0.25) is 0 Å². The van der Waals surface area contributed by atoms with Crippen molar-refractivity contribution in [3.63, 3.8) is 0 Å². The first-order chi connectivity index (χ1) is 6.31. The second kappa shape index (κ2) is 3.74. The molecule has 2 N–H and O–H groups in total. The molecule has 0 aliphatic rings. The fourth-order valence-electron chi connectivity index (χ4n) is 0.762. The van der Waals surface area contributed by atoms with Gasteiger partial charge in [-0.1, -0.05) is 23.2 Å². The van der Waals surface area contributed by atoms with Crippen LogP contribution in [-0.4, -0.2) is 6.36 Å². The maximum absolute atomic E-state index is 11.8. The number of rotatable bonds is 1. The van der Waals surface area contributed by atoms with Crippen LogP contribution in [0, 0.1) is 0 Å². The van der Waals surface area contributed by atoms with Crippen molar-refractivity contribution in [3.8, 4) is 5.75 Å². The van der Waals surface area contributed by atoms with E-state index in [2.05, 4.69) is 4.74 Å². The van der Waals surface area contributed by atoms with E-state index in [0.29, 0.717) is 0 Å². The summed E-state index contributed by atoms with van der Waals surface area (Å²) in [4.78, 5) is 0. The lowest BCUT2D eigenvalue weighted by Gasteiger charge is -2.12. The number of hydrogen-bond donors (Lipinski definition) is 1. The maximum Gasteiger partial charge on any atom is 0.573 e. The van der Waals surface area contributed by atoms with Crippen LogP contribution in [0.25, 0.3) is 0 Å². The normalized spacial score (nSPS) is 11.5. The molecule has 0 aliphatic heterocycles. The predicted molar refractivity (Wildman–Crippen MR) is 47.6 cm³/mol. The lowest BCUT2D eigenvalue weighted by Crippen LogP contribution is -2.18. The van der Waals surface area contributed by atoms with Gasteiger partial charge in [0, 0.05) is 0 Å². The third kappa shape index (κ3) is 2.59. The van der Waals surface area contributed by atoms with Gasteiger partial charge in [-0.05, 0) is 12.1 Å². The molecule has 0 saturated carbocycles. The Morgan fingerprint density at radius 2 is 1.79 bits per heavy atom. The van der Waals surface area contributed by atoms with Crippen LogP contribution in [0.15, 0.2) is 12.1 Å². The fraction of sp³-hybridized carbons (Fsp3) is 0.143. The van der Waals surface area contributed by atoms with Gasteiger partial charge in [0.25, 0.3) is 0 Å². The molecular weight excluding hydrogens is 242 g/mol. The van der Waals surface area contributed by atoms with E-state index in [4.69, 9.17) is 28.9 Å². The number of ether oxygens (including phenoxy) is 1. The van der Waals surface area contributed by atoms with Crippen molar-refractivity contribution in [2.24, 2.45) is 0 Å². The molecule has 0 aromatic heterocycles. The molecule has 1 rings (SSSR count). The molecule has 1 aromatic rings. The summed E-state index contributed by atoms with van der Waals surface area (Å²) in [6, 6.07) is 2.17. The molecular formula is C7H4Cl2F3NO. The molecule has 78 valence electrons. The zero-order valence-corrected chi connectivity index (χ0v) is 8.04. The van der Waals surface area contributed by atoms with Crippen LogP contribution in [0.1, 0.15) is 0 Å². The monoisotopic (exact) mass is 245 g/mol. The number of nitrogens with two attached hydrogens (primary N) is 1. The average molecular weight is 246 g/mol. The molecule has 0 heterocycles. The van der Waals surface area contributed by atoms with Crippen molar-refractivity contribution >= 4 is 28.9 Å². The molecule has 0 bridgehead atoms. The molecule has 0 spiro atoms. The number of anilines is 1. The Morgan fingerprint density at radius 1 is 1.21 bits per heavy atom. The standard InChI is InChI=1S/C7H4Cl2F3NO/c8-3-1-2-4(6(13)5(3)9)14-7(10,11)12/h1-2H,13H2. The quantitative estimate of drug-likeness (QED) is 0.770. The lowest BCUT2D eigenvalue weighted by atomic mass is 10.3. The van der Waals surface area contributed by atoms with Crippen LogP contribution in [0.4, 0.5) is 18.9 Å². The Kier molecular flexibility index (Phi) is 3.01. The zero-order valence-electron chi connectivity index (χ0n) is 6.53. The smallest absolute Gasteiger partial charge is 0.404 e. The summed E-state index contributed by atoms with van der Waals surface area (Å²) in [7, 11) is 0. The highest BCUT2D eigenvalue weighted by molar-refractivity contribution is 6.43. The minimum atomic E-state index is -4.80. The van der Waals surface area contributed by atoms with Gasteiger partial charge in [-0.3, -0.25) is 0 Å². The summed E-state index contributed by atoms with van der Waals surface area (Å²) < 4.78 is 39.0. The molecule has 0 atom stereocenters. The van der Waals surface area contributed by atoms with E-state index in [1.807, 2.05) is 0 Å². The van der Waals surface area contributed by atoms with Crippen LogP contribution >= 0.6 is 23.2 Å². The summed E-state index contributed by atoms with van der Waals surface area (Å²) >= 11 is 11.0. The van der Waals surface area contributed by atoms with Crippen molar-refractivity contribution in [1.29, 1.82) is 0 Å². The van der Waals surface area contributed by atoms with E-state index in [9.17, 15) is 13.2 Å². The van der Waals surface area contributed by atoms with Gasteiger partial charge in [0.05, 0.1) is 15.7 Å². The van der Waals surface area contributed by atoms with E-state index in [1.165, 1.54) is 6.07 Å². The second-order valence-corrected chi connectivity index (χ2v) is 3.11. The fourth-order valence-corrected chi connectivity index (χ4v) is 1.08. The number of benzene rings is 1. The Morgan fingerprint density at radius 3 is 2.29 bits per heavy atom.